The van der Waals surface area contributed by atoms with Gasteiger partial charge in [-0.2, -0.15) is 13.2 Å². The van der Waals surface area contributed by atoms with Gasteiger partial charge in [-0.25, -0.2) is 4.98 Å². The molecule has 15 heavy (non-hydrogen) atoms. The molecule has 2 rings (SSSR count). The highest BCUT2D eigenvalue weighted by Gasteiger charge is 2.47. The predicted molar refractivity (Wildman–Crippen MR) is 47.6 cm³/mol. The SMILES string of the molecule is CC1(c2nc(C(F)(F)F)c(CCl)o2)CC1. The summed E-state index contributed by atoms with van der Waals surface area (Å²) in [5, 5.41) is 0. The first kappa shape index (κ1) is 10.8. The van der Waals surface area contributed by atoms with Crippen molar-refractivity contribution in [3.63, 3.8) is 0 Å². The van der Waals surface area contributed by atoms with Crippen LogP contribution in [0.5, 0.6) is 0 Å². The van der Waals surface area contributed by atoms with Crippen molar-refractivity contribution in [3.8, 4) is 0 Å². The number of hydrogen-bond donors (Lipinski definition) is 0. The molecule has 1 aliphatic carbocycles. The summed E-state index contributed by atoms with van der Waals surface area (Å²) in [4.78, 5) is 3.51. The fourth-order valence-corrected chi connectivity index (χ4v) is 1.50. The third-order valence-corrected chi connectivity index (χ3v) is 2.85. The van der Waals surface area contributed by atoms with Gasteiger partial charge in [-0.3, -0.25) is 0 Å². The molecule has 0 aliphatic heterocycles. The quantitative estimate of drug-likeness (QED) is 0.739. The molecule has 0 atom stereocenters. The van der Waals surface area contributed by atoms with Gasteiger partial charge in [0.05, 0.1) is 5.88 Å². The zero-order valence-corrected chi connectivity index (χ0v) is 8.74. The molecule has 2 nitrogen and oxygen atoms in total. The molecule has 0 aromatic carbocycles. The zero-order valence-electron chi connectivity index (χ0n) is 7.99. The molecule has 0 N–H and O–H groups in total. The summed E-state index contributed by atoms with van der Waals surface area (Å²) in [5.74, 6) is -0.435. The number of aromatic nitrogens is 1. The average molecular weight is 240 g/mol. The Labute approximate surface area is 89.4 Å². The van der Waals surface area contributed by atoms with Crippen molar-refractivity contribution >= 4 is 11.6 Å². The molecule has 1 aromatic rings. The first-order valence-corrected chi connectivity index (χ1v) is 5.03. The van der Waals surface area contributed by atoms with Gasteiger partial charge in [-0.15, -0.1) is 11.6 Å². The first-order chi connectivity index (χ1) is 6.87. The number of alkyl halides is 4. The molecule has 0 saturated heterocycles. The lowest BCUT2D eigenvalue weighted by atomic mass is 10.1. The monoisotopic (exact) mass is 239 g/mol. The molecule has 1 aliphatic rings. The Balaban J connectivity index is 2.42. The van der Waals surface area contributed by atoms with Crippen LogP contribution >= 0.6 is 11.6 Å². The molecule has 1 fully saturated rings. The van der Waals surface area contributed by atoms with Crippen LogP contribution in [0.25, 0.3) is 0 Å². The van der Waals surface area contributed by atoms with E-state index in [1.807, 2.05) is 6.92 Å². The van der Waals surface area contributed by atoms with Gasteiger partial charge < -0.3 is 4.42 Å². The fraction of sp³-hybridized carbons (Fsp3) is 0.667. The van der Waals surface area contributed by atoms with Gasteiger partial charge in [-0.1, -0.05) is 6.92 Å². The zero-order chi connectivity index (χ0) is 11.3. The van der Waals surface area contributed by atoms with E-state index in [2.05, 4.69) is 4.98 Å². The predicted octanol–water partition coefficient (Wildman–Crippen LogP) is 3.48. The van der Waals surface area contributed by atoms with E-state index < -0.39 is 11.9 Å². The van der Waals surface area contributed by atoms with Crippen molar-refractivity contribution < 1.29 is 17.6 Å². The van der Waals surface area contributed by atoms with Gasteiger partial charge in [0.1, 0.15) is 0 Å². The summed E-state index contributed by atoms with van der Waals surface area (Å²) in [6.45, 7) is 1.83. The van der Waals surface area contributed by atoms with Crippen LogP contribution in [-0.2, 0) is 17.5 Å². The summed E-state index contributed by atoms with van der Waals surface area (Å²) in [6.07, 6.45) is -2.86. The molecule has 0 unspecified atom stereocenters. The topological polar surface area (TPSA) is 26.0 Å². The number of rotatable bonds is 2. The van der Waals surface area contributed by atoms with Crippen LogP contribution in [0.2, 0.25) is 0 Å². The lowest BCUT2D eigenvalue weighted by Gasteiger charge is -2.01. The maximum Gasteiger partial charge on any atom is 0.436 e. The van der Waals surface area contributed by atoms with Crippen molar-refractivity contribution in [2.75, 3.05) is 0 Å². The lowest BCUT2D eigenvalue weighted by Crippen LogP contribution is -2.09. The van der Waals surface area contributed by atoms with E-state index in [1.54, 1.807) is 0 Å². The highest BCUT2D eigenvalue weighted by molar-refractivity contribution is 6.16. The van der Waals surface area contributed by atoms with Gasteiger partial charge in [0, 0.05) is 5.41 Å². The Bertz CT molecular complexity index is 381. The van der Waals surface area contributed by atoms with E-state index in [0.29, 0.717) is 0 Å². The molecule has 1 saturated carbocycles. The largest absolute Gasteiger partial charge is 0.443 e. The van der Waals surface area contributed by atoms with Gasteiger partial charge in [0.25, 0.3) is 0 Å². The van der Waals surface area contributed by atoms with Gasteiger partial charge in [0.2, 0.25) is 5.89 Å². The molecular weight excluding hydrogens is 231 g/mol. The number of hydrogen-bond acceptors (Lipinski definition) is 2. The van der Waals surface area contributed by atoms with Crippen LogP contribution in [0.1, 0.15) is 37.1 Å². The Morgan fingerprint density at radius 2 is 2.07 bits per heavy atom. The third kappa shape index (κ3) is 1.85. The van der Waals surface area contributed by atoms with E-state index in [1.165, 1.54) is 0 Å². The standard InChI is InChI=1S/C9H9ClF3NO/c1-8(2-3-8)7-14-6(9(11,12)13)5(4-10)15-7/h2-4H2,1H3. The number of nitrogens with zero attached hydrogens (tertiary/aromatic N) is 1. The van der Waals surface area contributed by atoms with Crippen LogP contribution in [0, 0.1) is 0 Å². The van der Waals surface area contributed by atoms with Crippen LogP contribution in [0.3, 0.4) is 0 Å². The Morgan fingerprint density at radius 3 is 2.40 bits per heavy atom. The minimum atomic E-state index is -4.49. The van der Waals surface area contributed by atoms with E-state index in [4.69, 9.17) is 16.0 Å². The molecule has 6 heteroatoms. The smallest absolute Gasteiger partial charge is 0.436 e. The molecule has 0 amide bonds. The summed E-state index contributed by atoms with van der Waals surface area (Å²) in [5.41, 5.74) is -1.30. The molecule has 1 aromatic heterocycles. The summed E-state index contributed by atoms with van der Waals surface area (Å²) >= 11 is 5.39. The van der Waals surface area contributed by atoms with E-state index >= 15 is 0 Å². The molecule has 0 bridgehead atoms. The molecule has 1 heterocycles. The lowest BCUT2D eigenvalue weighted by molar-refractivity contribution is -0.141. The second-order valence-corrected chi connectivity index (χ2v) is 4.25. The van der Waals surface area contributed by atoms with Crippen molar-refractivity contribution in [2.24, 2.45) is 0 Å². The second-order valence-electron chi connectivity index (χ2n) is 3.98. The maximum absolute atomic E-state index is 12.5. The van der Waals surface area contributed by atoms with Crippen molar-refractivity contribution in [1.82, 2.24) is 4.98 Å². The van der Waals surface area contributed by atoms with Gasteiger partial charge in [-0.05, 0) is 12.8 Å². The summed E-state index contributed by atoms with van der Waals surface area (Å²) in [7, 11) is 0. The number of halogens is 4. The second kappa shape index (κ2) is 3.14. The van der Waals surface area contributed by atoms with Crippen LogP contribution in [0.4, 0.5) is 13.2 Å². The van der Waals surface area contributed by atoms with Crippen LogP contribution < -0.4 is 0 Å². The van der Waals surface area contributed by atoms with E-state index in [-0.39, 0.29) is 22.9 Å². The molecular formula is C9H9ClF3NO. The number of oxazole rings is 1. The third-order valence-electron chi connectivity index (χ3n) is 2.60. The van der Waals surface area contributed by atoms with Crippen molar-refractivity contribution in [1.29, 1.82) is 0 Å². The minimum Gasteiger partial charge on any atom is -0.443 e. The van der Waals surface area contributed by atoms with Crippen molar-refractivity contribution in [3.05, 3.63) is 17.3 Å². The maximum atomic E-state index is 12.5. The fourth-order valence-electron chi connectivity index (χ4n) is 1.32. The average Bonchev–Trinajstić information content (AvgIpc) is 2.73. The van der Waals surface area contributed by atoms with Gasteiger partial charge in [0.15, 0.2) is 11.5 Å². The van der Waals surface area contributed by atoms with Crippen molar-refractivity contribution in [2.45, 2.75) is 37.2 Å². The molecule has 84 valence electrons. The van der Waals surface area contributed by atoms with Crippen LogP contribution in [-0.4, -0.2) is 4.98 Å². The van der Waals surface area contributed by atoms with E-state index in [0.717, 1.165) is 12.8 Å². The highest BCUT2D eigenvalue weighted by Crippen LogP contribution is 2.48. The highest BCUT2D eigenvalue weighted by atomic mass is 35.5. The summed E-state index contributed by atoms with van der Waals surface area (Å²) in [6, 6.07) is 0. The summed E-state index contributed by atoms with van der Waals surface area (Å²) < 4.78 is 42.5. The Hall–Kier alpha value is -0.710. The normalized spacial score (nSPS) is 19.3. The van der Waals surface area contributed by atoms with E-state index in [9.17, 15) is 13.2 Å². The molecule has 0 radical (unpaired) electrons. The first-order valence-electron chi connectivity index (χ1n) is 4.50. The van der Waals surface area contributed by atoms with Gasteiger partial charge >= 0.3 is 6.18 Å². The Morgan fingerprint density at radius 1 is 1.47 bits per heavy atom. The minimum absolute atomic E-state index is 0.158. The Kier molecular flexibility index (Phi) is 2.26. The van der Waals surface area contributed by atoms with Crippen LogP contribution in [0.15, 0.2) is 4.42 Å². The molecule has 0 spiro atoms.